The Bertz CT molecular complexity index is 310. The fourth-order valence-electron chi connectivity index (χ4n) is 3.04. The summed E-state index contributed by atoms with van der Waals surface area (Å²) in [5.74, 6) is 0.786. The molecule has 0 spiro atoms. The maximum absolute atomic E-state index is 9.49. The smallest absolute Gasteiger partial charge is 0.106 e. The van der Waals surface area contributed by atoms with Crippen molar-refractivity contribution in [3.63, 3.8) is 0 Å². The first kappa shape index (κ1) is 18.4. The second-order valence-electron chi connectivity index (χ2n) is 6.40. The highest BCUT2D eigenvalue weighted by Gasteiger charge is 2.26. The molecule has 0 aromatic rings. The molecule has 1 heterocycles. The number of hydrogen-bond donors (Lipinski definition) is 1. The predicted molar refractivity (Wildman–Crippen MR) is 87.2 cm³/mol. The van der Waals surface area contributed by atoms with Gasteiger partial charge in [0.2, 0.25) is 0 Å². The number of ether oxygens (including phenoxy) is 1. The molecule has 4 nitrogen and oxygen atoms in total. The van der Waals surface area contributed by atoms with Crippen LogP contribution in [-0.2, 0) is 4.74 Å². The van der Waals surface area contributed by atoms with Gasteiger partial charge < -0.3 is 9.64 Å². The number of nitrogens with one attached hydrogen (secondary N) is 1. The van der Waals surface area contributed by atoms with Crippen LogP contribution in [0, 0.1) is 17.2 Å². The predicted octanol–water partition coefficient (Wildman–Crippen LogP) is 2.80. The Hall–Kier alpha value is -0.630. The molecule has 0 aromatic heterocycles. The molecule has 0 amide bonds. The molecule has 1 saturated heterocycles. The van der Waals surface area contributed by atoms with E-state index in [4.69, 9.17) is 4.74 Å². The molecular weight excluding hydrogens is 262 g/mol. The van der Waals surface area contributed by atoms with Crippen LogP contribution >= 0.6 is 0 Å². The van der Waals surface area contributed by atoms with Gasteiger partial charge in [0, 0.05) is 19.8 Å². The van der Waals surface area contributed by atoms with E-state index < -0.39 is 0 Å². The number of hydrogen-bond acceptors (Lipinski definition) is 4. The summed E-state index contributed by atoms with van der Waals surface area (Å²) in [6.07, 6.45) is 6.37. The van der Waals surface area contributed by atoms with Crippen molar-refractivity contribution in [3.8, 4) is 6.07 Å². The fraction of sp³-hybridized carbons (Fsp3) is 0.941. The Morgan fingerprint density at radius 3 is 2.62 bits per heavy atom. The molecule has 1 aliphatic rings. The number of nitrogens with zero attached hydrogens (tertiary/aromatic N) is 2. The van der Waals surface area contributed by atoms with Gasteiger partial charge in [0.15, 0.2) is 0 Å². The number of nitriles is 1. The van der Waals surface area contributed by atoms with Crippen LogP contribution in [0.15, 0.2) is 0 Å². The van der Waals surface area contributed by atoms with Gasteiger partial charge >= 0.3 is 0 Å². The summed E-state index contributed by atoms with van der Waals surface area (Å²) in [5.41, 5.74) is -0.324. The summed E-state index contributed by atoms with van der Waals surface area (Å²) in [5, 5.41) is 12.9. The van der Waals surface area contributed by atoms with Crippen molar-refractivity contribution in [2.75, 3.05) is 39.9 Å². The van der Waals surface area contributed by atoms with Crippen LogP contribution in [0.3, 0.4) is 0 Å². The summed E-state index contributed by atoms with van der Waals surface area (Å²) in [7, 11) is 2.20. The normalized spacial score (nSPS) is 19.4. The molecule has 0 bridgehead atoms. The SMILES string of the molecule is CCCNC(C#N)(CC)CCCN(C)CC1CCOCC1. The Morgan fingerprint density at radius 2 is 2.05 bits per heavy atom. The third-order valence-electron chi connectivity index (χ3n) is 4.59. The lowest BCUT2D eigenvalue weighted by Gasteiger charge is -2.29. The molecule has 0 radical (unpaired) electrons. The van der Waals surface area contributed by atoms with E-state index in [-0.39, 0.29) is 5.54 Å². The van der Waals surface area contributed by atoms with Crippen molar-refractivity contribution in [1.82, 2.24) is 10.2 Å². The van der Waals surface area contributed by atoms with Gasteiger partial charge in [-0.2, -0.15) is 5.26 Å². The standard InChI is InChI=1S/C17H33N3O/c1-4-10-19-17(5-2,15-18)9-6-11-20(3)14-16-7-12-21-13-8-16/h16,19H,4-14H2,1-3H3. The van der Waals surface area contributed by atoms with Crippen LogP contribution in [0.4, 0.5) is 0 Å². The van der Waals surface area contributed by atoms with E-state index in [0.29, 0.717) is 0 Å². The Morgan fingerprint density at radius 1 is 1.33 bits per heavy atom. The highest BCUT2D eigenvalue weighted by molar-refractivity contribution is 5.06. The quantitative estimate of drug-likeness (QED) is 0.673. The van der Waals surface area contributed by atoms with E-state index in [9.17, 15) is 5.26 Å². The highest BCUT2D eigenvalue weighted by Crippen LogP contribution is 2.19. The van der Waals surface area contributed by atoms with E-state index >= 15 is 0 Å². The van der Waals surface area contributed by atoms with E-state index in [0.717, 1.165) is 64.4 Å². The van der Waals surface area contributed by atoms with Gasteiger partial charge in [0.25, 0.3) is 0 Å². The molecule has 0 saturated carbocycles. The molecule has 0 aromatic carbocycles. The van der Waals surface area contributed by atoms with Gasteiger partial charge in [0.05, 0.1) is 6.07 Å². The van der Waals surface area contributed by atoms with Crippen molar-refractivity contribution in [1.29, 1.82) is 5.26 Å². The molecular formula is C17H33N3O. The van der Waals surface area contributed by atoms with Gasteiger partial charge in [-0.1, -0.05) is 13.8 Å². The van der Waals surface area contributed by atoms with Gasteiger partial charge in [-0.05, 0) is 64.6 Å². The minimum absolute atomic E-state index is 0.324. The third kappa shape index (κ3) is 6.78. The maximum Gasteiger partial charge on any atom is 0.106 e. The number of rotatable bonds is 10. The molecule has 122 valence electrons. The van der Waals surface area contributed by atoms with Crippen LogP contribution in [0.5, 0.6) is 0 Å². The average molecular weight is 295 g/mol. The van der Waals surface area contributed by atoms with Crippen LogP contribution < -0.4 is 5.32 Å². The first-order valence-electron chi connectivity index (χ1n) is 8.58. The lowest BCUT2D eigenvalue weighted by molar-refractivity contribution is 0.0554. The summed E-state index contributed by atoms with van der Waals surface area (Å²) in [6.45, 7) is 9.27. The van der Waals surface area contributed by atoms with E-state index in [1.807, 2.05) is 0 Å². The van der Waals surface area contributed by atoms with Crippen molar-refractivity contribution < 1.29 is 4.74 Å². The van der Waals surface area contributed by atoms with Crippen LogP contribution in [-0.4, -0.2) is 50.3 Å². The second-order valence-corrected chi connectivity index (χ2v) is 6.40. The molecule has 1 aliphatic heterocycles. The summed E-state index contributed by atoms with van der Waals surface area (Å²) in [6, 6.07) is 2.51. The Labute approximate surface area is 130 Å². The zero-order valence-electron chi connectivity index (χ0n) is 14.2. The third-order valence-corrected chi connectivity index (χ3v) is 4.59. The lowest BCUT2D eigenvalue weighted by atomic mass is 9.91. The van der Waals surface area contributed by atoms with Crippen molar-refractivity contribution in [2.24, 2.45) is 5.92 Å². The zero-order valence-corrected chi connectivity index (χ0v) is 14.2. The summed E-state index contributed by atoms with van der Waals surface area (Å²) in [4.78, 5) is 2.42. The van der Waals surface area contributed by atoms with Gasteiger partial charge in [-0.15, -0.1) is 0 Å². The summed E-state index contributed by atoms with van der Waals surface area (Å²) < 4.78 is 5.41. The molecule has 1 rings (SSSR count). The van der Waals surface area contributed by atoms with Gasteiger partial charge in [0.1, 0.15) is 5.54 Å². The van der Waals surface area contributed by atoms with Crippen molar-refractivity contribution in [3.05, 3.63) is 0 Å². The van der Waals surface area contributed by atoms with Crippen molar-refractivity contribution in [2.45, 2.75) is 57.9 Å². The summed E-state index contributed by atoms with van der Waals surface area (Å²) >= 11 is 0. The molecule has 0 aliphatic carbocycles. The first-order chi connectivity index (χ1) is 10.2. The maximum atomic E-state index is 9.49. The highest BCUT2D eigenvalue weighted by atomic mass is 16.5. The van der Waals surface area contributed by atoms with E-state index in [2.05, 4.69) is 37.2 Å². The van der Waals surface area contributed by atoms with E-state index in [1.165, 1.54) is 12.8 Å². The monoisotopic (exact) mass is 295 g/mol. The average Bonchev–Trinajstić information content (AvgIpc) is 2.52. The van der Waals surface area contributed by atoms with Gasteiger partial charge in [-0.3, -0.25) is 5.32 Å². The second kappa shape index (κ2) is 10.2. The molecule has 1 fully saturated rings. The molecule has 4 heteroatoms. The topological polar surface area (TPSA) is 48.3 Å². The first-order valence-corrected chi connectivity index (χ1v) is 8.58. The van der Waals surface area contributed by atoms with Crippen LogP contribution in [0.25, 0.3) is 0 Å². The van der Waals surface area contributed by atoms with Gasteiger partial charge in [-0.25, -0.2) is 0 Å². The minimum atomic E-state index is -0.324. The molecule has 1 atom stereocenters. The Kier molecular flexibility index (Phi) is 8.91. The molecule has 1 N–H and O–H groups in total. The minimum Gasteiger partial charge on any atom is -0.381 e. The fourth-order valence-corrected chi connectivity index (χ4v) is 3.04. The van der Waals surface area contributed by atoms with Crippen LogP contribution in [0.2, 0.25) is 0 Å². The zero-order chi connectivity index (χ0) is 15.6. The largest absolute Gasteiger partial charge is 0.381 e. The van der Waals surface area contributed by atoms with Crippen molar-refractivity contribution >= 4 is 0 Å². The van der Waals surface area contributed by atoms with Crippen LogP contribution in [0.1, 0.15) is 52.4 Å². The molecule has 21 heavy (non-hydrogen) atoms. The molecule has 1 unspecified atom stereocenters. The lowest BCUT2D eigenvalue weighted by Crippen LogP contribution is -2.44. The Balaban J connectivity index is 2.27. The van der Waals surface area contributed by atoms with E-state index in [1.54, 1.807) is 0 Å².